The summed E-state index contributed by atoms with van der Waals surface area (Å²) in [4.78, 5) is 25.0. The minimum absolute atomic E-state index is 0.237. The predicted octanol–water partition coefficient (Wildman–Crippen LogP) is 3.79. The van der Waals surface area contributed by atoms with E-state index in [0.29, 0.717) is 27.7 Å². The highest BCUT2D eigenvalue weighted by Gasteiger charge is 2.32. The standard InChI is InChI=1S/C24H24I2N4O5S/c1-4-34-23(32)20-13(2)28-24(36)29-21(20)15-7-5-6-8-18(15)35-12-19(31)30-27-11-14-9-16(25)22(33-3)17(26)10-14/h5-11,21H,4,12H2,1-3H3,(H,30,31)(H2,28,29,36)/t21-/m1/s1. The predicted molar refractivity (Wildman–Crippen MR) is 157 cm³/mol. The minimum Gasteiger partial charge on any atom is -0.495 e. The number of rotatable bonds is 9. The lowest BCUT2D eigenvalue weighted by Crippen LogP contribution is -2.45. The van der Waals surface area contributed by atoms with Gasteiger partial charge in [-0.3, -0.25) is 4.79 Å². The lowest BCUT2D eigenvalue weighted by atomic mass is 9.95. The van der Waals surface area contributed by atoms with Gasteiger partial charge in [-0.05, 0) is 95.0 Å². The summed E-state index contributed by atoms with van der Waals surface area (Å²) in [5, 5.41) is 10.4. The molecule has 1 aliphatic heterocycles. The van der Waals surface area contributed by atoms with Crippen molar-refractivity contribution in [1.82, 2.24) is 16.1 Å². The molecule has 3 N–H and O–H groups in total. The van der Waals surface area contributed by atoms with Crippen LogP contribution in [-0.4, -0.2) is 43.5 Å². The van der Waals surface area contributed by atoms with Gasteiger partial charge < -0.3 is 24.8 Å². The maximum atomic E-state index is 12.7. The Balaban J connectivity index is 1.70. The Kier molecular flexibility index (Phi) is 10.3. The van der Waals surface area contributed by atoms with E-state index < -0.39 is 17.9 Å². The SMILES string of the molecule is CCOC(=O)C1=C(C)NC(=S)N[C@@H]1c1ccccc1OCC(=O)NN=Cc1cc(I)c(OC)c(I)c1. The molecule has 1 atom stereocenters. The molecule has 0 fully saturated rings. The third-order valence-electron chi connectivity index (χ3n) is 4.98. The molecule has 0 radical (unpaired) electrons. The van der Waals surface area contributed by atoms with Crippen LogP contribution in [-0.2, 0) is 14.3 Å². The fourth-order valence-electron chi connectivity index (χ4n) is 3.46. The van der Waals surface area contributed by atoms with E-state index in [1.54, 1.807) is 45.4 Å². The van der Waals surface area contributed by atoms with Gasteiger partial charge in [-0.15, -0.1) is 0 Å². The van der Waals surface area contributed by atoms with Gasteiger partial charge in [-0.1, -0.05) is 18.2 Å². The molecular weight excluding hydrogens is 710 g/mol. The molecule has 0 spiro atoms. The molecule has 2 aromatic carbocycles. The fraction of sp³-hybridized carbons (Fsp3) is 0.250. The van der Waals surface area contributed by atoms with Crippen molar-refractivity contribution >= 4 is 80.6 Å². The van der Waals surface area contributed by atoms with E-state index in [0.717, 1.165) is 18.5 Å². The quantitative estimate of drug-likeness (QED) is 0.118. The van der Waals surface area contributed by atoms with Crippen LogP contribution in [0.3, 0.4) is 0 Å². The van der Waals surface area contributed by atoms with Gasteiger partial charge in [0.05, 0.1) is 38.7 Å². The van der Waals surface area contributed by atoms with E-state index >= 15 is 0 Å². The van der Waals surface area contributed by atoms with Gasteiger partial charge in [0.2, 0.25) is 0 Å². The largest absolute Gasteiger partial charge is 0.495 e. The van der Waals surface area contributed by atoms with E-state index in [4.69, 9.17) is 26.4 Å². The lowest BCUT2D eigenvalue weighted by Gasteiger charge is -2.30. The summed E-state index contributed by atoms with van der Waals surface area (Å²) in [6.45, 7) is 3.46. The molecule has 1 heterocycles. The van der Waals surface area contributed by atoms with Crippen molar-refractivity contribution in [3.63, 3.8) is 0 Å². The van der Waals surface area contributed by atoms with Crippen molar-refractivity contribution in [2.24, 2.45) is 5.10 Å². The van der Waals surface area contributed by atoms with Crippen LogP contribution in [0, 0.1) is 7.14 Å². The third kappa shape index (κ3) is 7.06. The van der Waals surface area contributed by atoms with Crippen LogP contribution in [0.25, 0.3) is 0 Å². The Bertz CT molecular complexity index is 1210. The van der Waals surface area contributed by atoms with Gasteiger partial charge in [-0.2, -0.15) is 5.10 Å². The van der Waals surface area contributed by atoms with Crippen LogP contribution in [0.2, 0.25) is 0 Å². The molecule has 9 nitrogen and oxygen atoms in total. The highest BCUT2D eigenvalue weighted by atomic mass is 127. The maximum Gasteiger partial charge on any atom is 0.338 e. The second-order valence-corrected chi connectivity index (χ2v) is 10.2. The van der Waals surface area contributed by atoms with Crippen molar-refractivity contribution in [3.05, 3.63) is 65.9 Å². The highest BCUT2D eigenvalue weighted by molar-refractivity contribution is 14.1. The van der Waals surface area contributed by atoms with Crippen LogP contribution < -0.4 is 25.5 Å². The van der Waals surface area contributed by atoms with Crippen LogP contribution in [0.1, 0.15) is 31.0 Å². The number of nitrogens with zero attached hydrogens (tertiary/aromatic N) is 1. The Morgan fingerprint density at radius 2 is 1.92 bits per heavy atom. The summed E-state index contributed by atoms with van der Waals surface area (Å²) in [5.74, 6) is 0.314. The van der Waals surface area contributed by atoms with Gasteiger partial charge in [0.1, 0.15) is 11.5 Å². The number of benzene rings is 2. The molecular formula is C24H24I2N4O5S. The van der Waals surface area contributed by atoms with Crippen molar-refractivity contribution < 1.29 is 23.8 Å². The summed E-state index contributed by atoms with van der Waals surface area (Å²) < 4.78 is 18.3. The molecule has 0 aliphatic carbocycles. The molecule has 1 amide bonds. The van der Waals surface area contributed by atoms with Gasteiger partial charge in [0.25, 0.3) is 5.91 Å². The van der Waals surface area contributed by atoms with Crippen LogP contribution >= 0.6 is 57.4 Å². The number of methoxy groups -OCH3 is 1. The first-order valence-electron chi connectivity index (χ1n) is 10.8. The topological polar surface area (TPSA) is 110 Å². The number of para-hydroxylation sites is 1. The van der Waals surface area contributed by atoms with Crippen molar-refractivity contribution in [2.45, 2.75) is 19.9 Å². The summed E-state index contributed by atoms with van der Waals surface area (Å²) in [5.41, 5.74) is 4.90. The molecule has 2 aromatic rings. The second kappa shape index (κ2) is 13.2. The maximum absolute atomic E-state index is 12.7. The van der Waals surface area contributed by atoms with Gasteiger partial charge >= 0.3 is 5.97 Å². The van der Waals surface area contributed by atoms with E-state index in [9.17, 15) is 9.59 Å². The Morgan fingerprint density at radius 1 is 1.22 bits per heavy atom. The molecule has 0 bridgehead atoms. The zero-order chi connectivity index (χ0) is 26.2. The normalized spacial score (nSPS) is 15.2. The molecule has 0 aromatic heterocycles. The molecule has 36 heavy (non-hydrogen) atoms. The average molecular weight is 734 g/mol. The highest BCUT2D eigenvalue weighted by Crippen LogP contribution is 2.33. The number of carbonyl (C=O) groups is 2. The van der Waals surface area contributed by atoms with E-state index in [1.165, 1.54) is 0 Å². The Morgan fingerprint density at radius 3 is 2.58 bits per heavy atom. The molecule has 12 heteroatoms. The number of allylic oxidation sites excluding steroid dienone is 1. The zero-order valence-electron chi connectivity index (χ0n) is 19.7. The number of thiocarbonyl (C=S) groups is 1. The smallest absolute Gasteiger partial charge is 0.338 e. The number of ether oxygens (including phenoxy) is 3. The minimum atomic E-state index is -0.602. The molecule has 0 saturated carbocycles. The molecule has 190 valence electrons. The van der Waals surface area contributed by atoms with Crippen LogP contribution in [0.4, 0.5) is 0 Å². The number of hydrogen-bond acceptors (Lipinski definition) is 7. The van der Waals surface area contributed by atoms with Crippen molar-refractivity contribution in [1.29, 1.82) is 0 Å². The summed E-state index contributed by atoms with van der Waals surface area (Å²) in [7, 11) is 1.62. The molecule has 0 saturated heterocycles. The van der Waals surface area contributed by atoms with Crippen LogP contribution in [0.5, 0.6) is 11.5 Å². The van der Waals surface area contributed by atoms with Gasteiger partial charge in [-0.25, -0.2) is 10.2 Å². The Labute approximate surface area is 241 Å². The second-order valence-electron chi connectivity index (χ2n) is 7.43. The van der Waals surface area contributed by atoms with E-state index in [2.05, 4.69) is 66.3 Å². The molecule has 0 unspecified atom stereocenters. The number of hydrogen-bond donors (Lipinski definition) is 3. The number of esters is 1. The number of carbonyl (C=O) groups excluding carboxylic acids is 2. The summed E-state index contributed by atoms with van der Waals surface area (Å²) in [6.07, 6.45) is 1.55. The third-order valence-corrected chi connectivity index (χ3v) is 6.80. The van der Waals surface area contributed by atoms with Crippen molar-refractivity contribution in [2.75, 3.05) is 20.3 Å². The number of amides is 1. The summed E-state index contributed by atoms with van der Waals surface area (Å²) in [6, 6.07) is 10.3. The monoisotopic (exact) mass is 734 g/mol. The van der Waals surface area contributed by atoms with Gasteiger partial charge in [0.15, 0.2) is 11.7 Å². The molecule has 1 aliphatic rings. The number of nitrogens with one attached hydrogen (secondary N) is 3. The fourth-order valence-corrected chi connectivity index (χ4v) is 5.99. The number of halogens is 2. The van der Waals surface area contributed by atoms with E-state index in [-0.39, 0.29) is 13.2 Å². The van der Waals surface area contributed by atoms with Crippen LogP contribution in [0.15, 0.2) is 52.8 Å². The zero-order valence-corrected chi connectivity index (χ0v) is 24.8. The van der Waals surface area contributed by atoms with Crippen molar-refractivity contribution in [3.8, 4) is 11.5 Å². The first kappa shape index (κ1) is 28.1. The lowest BCUT2D eigenvalue weighted by molar-refractivity contribution is -0.139. The molecule has 3 rings (SSSR count). The summed E-state index contributed by atoms with van der Waals surface area (Å²) >= 11 is 9.66. The van der Waals surface area contributed by atoms with E-state index in [1.807, 2.05) is 18.2 Å². The Hall–Kier alpha value is -2.46. The first-order chi connectivity index (χ1) is 17.2. The number of hydrazone groups is 1. The first-order valence-corrected chi connectivity index (χ1v) is 13.3. The average Bonchev–Trinajstić information content (AvgIpc) is 2.82. The van der Waals surface area contributed by atoms with Gasteiger partial charge in [0, 0.05) is 11.3 Å².